The van der Waals surface area contributed by atoms with Gasteiger partial charge in [-0.15, -0.1) is 0 Å². The van der Waals surface area contributed by atoms with Gasteiger partial charge in [0.2, 0.25) is 0 Å². The highest BCUT2D eigenvalue weighted by atomic mass is 32.2. The predicted octanol–water partition coefficient (Wildman–Crippen LogP) is 1.53. The van der Waals surface area contributed by atoms with Crippen LogP contribution in [0.3, 0.4) is 0 Å². The van der Waals surface area contributed by atoms with Crippen LogP contribution in [0.4, 0.5) is 13.2 Å². The minimum atomic E-state index is -4.41. The molecule has 8 heteroatoms. The van der Waals surface area contributed by atoms with E-state index in [9.17, 15) is 17.4 Å². The number of aliphatic hydroxyl groups is 1. The Morgan fingerprint density at radius 3 is 2.72 bits per heavy atom. The van der Waals surface area contributed by atoms with E-state index >= 15 is 0 Å². The Kier molecular flexibility index (Phi) is 5.09. The Morgan fingerprint density at radius 1 is 1.50 bits per heavy atom. The molecule has 0 fully saturated rings. The lowest BCUT2D eigenvalue weighted by atomic mass is 10.2. The van der Waals surface area contributed by atoms with Crippen LogP contribution < -0.4 is 4.74 Å². The number of alkyl halides is 3. The molecular formula is C10H12F3NO3S. The van der Waals surface area contributed by atoms with Gasteiger partial charge in [-0.1, -0.05) is 0 Å². The molecule has 0 spiro atoms. The monoisotopic (exact) mass is 283 g/mol. The number of nitrogens with zero attached hydrogens (tertiary/aromatic N) is 1. The zero-order chi connectivity index (χ0) is 13.8. The van der Waals surface area contributed by atoms with Gasteiger partial charge in [0, 0.05) is 11.8 Å². The van der Waals surface area contributed by atoms with Gasteiger partial charge in [0.25, 0.3) is 0 Å². The van der Waals surface area contributed by atoms with Crippen LogP contribution >= 0.6 is 0 Å². The molecule has 0 saturated heterocycles. The highest BCUT2D eigenvalue weighted by molar-refractivity contribution is 7.83. The summed E-state index contributed by atoms with van der Waals surface area (Å²) in [5.74, 6) is -0.493. The van der Waals surface area contributed by atoms with E-state index in [2.05, 4.69) is 9.72 Å². The van der Waals surface area contributed by atoms with Crippen molar-refractivity contribution < 1.29 is 27.2 Å². The Balaban J connectivity index is 2.81. The van der Waals surface area contributed by atoms with E-state index in [1.807, 2.05) is 0 Å². The molecule has 1 aromatic heterocycles. The average molecular weight is 283 g/mol. The lowest BCUT2D eigenvalue weighted by Gasteiger charge is -2.13. The second-order valence-corrected chi connectivity index (χ2v) is 4.92. The molecular weight excluding hydrogens is 271 g/mol. The van der Waals surface area contributed by atoms with Crippen LogP contribution in [0.15, 0.2) is 12.3 Å². The number of hydrogen-bond donors (Lipinski definition) is 1. The van der Waals surface area contributed by atoms with Gasteiger partial charge in [-0.3, -0.25) is 9.19 Å². The first-order valence-corrected chi connectivity index (χ1v) is 6.42. The molecule has 1 N–H and O–H groups in total. The van der Waals surface area contributed by atoms with Crippen LogP contribution in [0, 0.1) is 6.92 Å². The maximum atomic E-state index is 12.0. The van der Waals surface area contributed by atoms with Crippen LogP contribution in [-0.2, 0) is 16.6 Å². The maximum Gasteiger partial charge on any atom is 0.422 e. The molecule has 0 amide bonds. The van der Waals surface area contributed by atoms with E-state index in [0.717, 1.165) is 0 Å². The Morgan fingerprint density at radius 2 is 2.17 bits per heavy atom. The third-order valence-corrected chi connectivity index (χ3v) is 2.98. The molecule has 1 heterocycles. The first-order valence-electron chi connectivity index (χ1n) is 4.93. The molecule has 0 bridgehead atoms. The molecule has 4 nitrogen and oxygen atoms in total. The number of ether oxygens (including phenoxy) is 1. The van der Waals surface area contributed by atoms with E-state index in [-0.39, 0.29) is 11.5 Å². The summed E-state index contributed by atoms with van der Waals surface area (Å²) in [6.07, 6.45) is -3.13. The summed E-state index contributed by atoms with van der Waals surface area (Å²) >= 11 is 0. The van der Waals surface area contributed by atoms with E-state index in [4.69, 9.17) is 5.11 Å². The summed E-state index contributed by atoms with van der Waals surface area (Å²) in [7, 11) is -1.50. The summed E-state index contributed by atoms with van der Waals surface area (Å²) in [6, 6.07) is 1.31. The topological polar surface area (TPSA) is 59.4 Å². The maximum absolute atomic E-state index is 12.0. The van der Waals surface area contributed by atoms with E-state index in [1.54, 1.807) is 0 Å². The second kappa shape index (κ2) is 6.14. The van der Waals surface area contributed by atoms with Crippen molar-refractivity contribution in [1.29, 1.82) is 0 Å². The van der Waals surface area contributed by atoms with Crippen molar-refractivity contribution in [3.05, 3.63) is 23.5 Å². The molecule has 0 aliphatic rings. The number of rotatable bonds is 5. The van der Waals surface area contributed by atoms with Crippen LogP contribution in [0.5, 0.6) is 5.75 Å². The zero-order valence-corrected chi connectivity index (χ0v) is 10.3. The lowest BCUT2D eigenvalue weighted by molar-refractivity contribution is -0.153. The van der Waals surface area contributed by atoms with Gasteiger partial charge < -0.3 is 9.84 Å². The largest absolute Gasteiger partial charge is 0.484 e. The molecule has 1 aromatic rings. The molecule has 18 heavy (non-hydrogen) atoms. The van der Waals surface area contributed by atoms with E-state index in [1.165, 1.54) is 19.2 Å². The van der Waals surface area contributed by atoms with Gasteiger partial charge in [0.05, 0.1) is 22.2 Å². The average Bonchev–Trinajstić information content (AvgIpc) is 2.29. The molecule has 102 valence electrons. The molecule has 0 aliphatic carbocycles. The van der Waals surface area contributed by atoms with Crippen molar-refractivity contribution in [2.24, 2.45) is 0 Å². The molecule has 1 unspecified atom stereocenters. The van der Waals surface area contributed by atoms with E-state index in [0.29, 0.717) is 11.3 Å². The summed E-state index contributed by atoms with van der Waals surface area (Å²) in [6.45, 7) is 0.142. The van der Waals surface area contributed by atoms with Gasteiger partial charge in [0.15, 0.2) is 6.61 Å². The molecule has 0 aromatic carbocycles. The zero-order valence-electron chi connectivity index (χ0n) is 9.53. The smallest absolute Gasteiger partial charge is 0.422 e. The first kappa shape index (κ1) is 14.9. The summed E-state index contributed by atoms with van der Waals surface area (Å²) in [4.78, 5) is 3.91. The second-order valence-electron chi connectivity index (χ2n) is 3.50. The third-order valence-electron chi connectivity index (χ3n) is 2.09. The fourth-order valence-electron chi connectivity index (χ4n) is 1.22. The number of aliphatic hydroxyl groups excluding tert-OH is 1. The number of pyridine rings is 1. The van der Waals surface area contributed by atoms with Gasteiger partial charge in [-0.25, -0.2) is 0 Å². The molecule has 0 radical (unpaired) electrons. The lowest BCUT2D eigenvalue weighted by Crippen LogP contribution is -2.20. The Bertz CT molecular complexity index is 437. The first-order chi connectivity index (χ1) is 8.33. The fourth-order valence-corrected chi connectivity index (χ4v) is 1.91. The highest BCUT2D eigenvalue weighted by Crippen LogP contribution is 2.23. The van der Waals surface area contributed by atoms with Gasteiger partial charge in [-0.05, 0) is 13.0 Å². The van der Waals surface area contributed by atoms with Crippen LogP contribution in [0.25, 0.3) is 0 Å². The highest BCUT2D eigenvalue weighted by Gasteiger charge is 2.28. The summed E-state index contributed by atoms with van der Waals surface area (Å²) in [5, 5.41) is 8.66. The van der Waals surface area contributed by atoms with Crippen molar-refractivity contribution in [2.75, 3.05) is 12.5 Å². The van der Waals surface area contributed by atoms with Crippen LogP contribution in [-0.4, -0.2) is 33.0 Å². The van der Waals surface area contributed by atoms with Crippen molar-refractivity contribution in [3.8, 4) is 5.75 Å². The Labute approximate surface area is 104 Å². The number of halogens is 3. The minimum absolute atomic E-state index is 0.0223. The Hall–Kier alpha value is -1.15. The van der Waals surface area contributed by atoms with Crippen LogP contribution in [0.2, 0.25) is 0 Å². The van der Waals surface area contributed by atoms with Crippen molar-refractivity contribution in [3.63, 3.8) is 0 Å². The summed E-state index contributed by atoms with van der Waals surface area (Å²) < 4.78 is 51.8. The van der Waals surface area contributed by atoms with Crippen molar-refractivity contribution >= 4 is 10.8 Å². The standard InChI is InChI=1S/C10H12F3NO3S/c1-7-8(4-18(16)6-15)14-3-2-9(7)17-5-10(11,12)13/h2-3,15H,4-6H2,1H3. The number of aromatic nitrogens is 1. The fraction of sp³-hybridized carbons (Fsp3) is 0.500. The molecule has 1 rings (SSSR count). The third kappa shape index (κ3) is 4.61. The molecule has 0 saturated carbocycles. The molecule has 1 atom stereocenters. The van der Waals surface area contributed by atoms with Gasteiger partial charge >= 0.3 is 6.18 Å². The van der Waals surface area contributed by atoms with Crippen LogP contribution in [0.1, 0.15) is 11.3 Å². The van der Waals surface area contributed by atoms with E-state index < -0.39 is 29.5 Å². The quantitative estimate of drug-likeness (QED) is 0.890. The SMILES string of the molecule is Cc1c(OCC(F)(F)F)ccnc1CS(=O)CO. The summed E-state index contributed by atoms with van der Waals surface area (Å²) in [5.41, 5.74) is 0.741. The van der Waals surface area contributed by atoms with Crippen molar-refractivity contribution in [2.45, 2.75) is 18.9 Å². The number of hydrogen-bond acceptors (Lipinski definition) is 4. The predicted molar refractivity (Wildman–Crippen MR) is 59.5 cm³/mol. The van der Waals surface area contributed by atoms with Gasteiger partial charge in [-0.2, -0.15) is 13.2 Å². The normalized spacial score (nSPS) is 13.4. The van der Waals surface area contributed by atoms with Gasteiger partial charge in [0.1, 0.15) is 11.7 Å². The molecule has 0 aliphatic heterocycles. The minimum Gasteiger partial charge on any atom is -0.484 e. The van der Waals surface area contributed by atoms with Crippen molar-refractivity contribution in [1.82, 2.24) is 4.98 Å².